The zero-order valence-electron chi connectivity index (χ0n) is 12.7. The van der Waals surface area contributed by atoms with E-state index in [0.717, 1.165) is 44.6 Å². The lowest BCUT2D eigenvalue weighted by molar-refractivity contribution is -0.122. The number of carbonyl (C=O) groups excluding carboxylic acids is 1. The Morgan fingerprint density at radius 2 is 1.95 bits per heavy atom. The van der Waals surface area contributed by atoms with Crippen molar-refractivity contribution in [2.24, 2.45) is 5.92 Å². The average molecular weight is 288 g/mol. The zero-order chi connectivity index (χ0) is 14.8. The molecule has 4 nitrogen and oxygen atoms in total. The lowest BCUT2D eigenvalue weighted by Gasteiger charge is -2.35. The predicted molar refractivity (Wildman–Crippen MR) is 83.3 cm³/mol. The van der Waals surface area contributed by atoms with E-state index in [4.69, 9.17) is 0 Å². The average Bonchev–Trinajstić information content (AvgIpc) is 2.90. The molecule has 2 unspecified atom stereocenters. The molecule has 2 aliphatic heterocycles. The third-order valence-electron chi connectivity index (χ3n) is 4.77. The molecule has 1 aromatic rings. The normalized spacial score (nSPS) is 27.3. The molecule has 2 atom stereocenters. The highest BCUT2D eigenvalue weighted by molar-refractivity contribution is 5.99. The second-order valence-electron chi connectivity index (χ2n) is 6.32. The Kier molecular flexibility index (Phi) is 4.27. The Morgan fingerprint density at radius 1 is 1.19 bits per heavy atom. The first-order valence-electron chi connectivity index (χ1n) is 7.92. The number of hydrogen-bond donors (Lipinski definition) is 1. The highest BCUT2D eigenvalue weighted by atomic mass is 16.3. The van der Waals surface area contributed by atoms with E-state index in [2.05, 4.69) is 24.0 Å². The molecule has 1 amide bonds. The van der Waals surface area contributed by atoms with E-state index >= 15 is 0 Å². The first kappa shape index (κ1) is 14.5. The quantitative estimate of drug-likeness (QED) is 0.922. The van der Waals surface area contributed by atoms with Crippen molar-refractivity contribution < 1.29 is 9.90 Å². The van der Waals surface area contributed by atoms with Gasteiger partial charge in [-0.15, -0.1) is 0 Å². The number of nitrogens with zero attached hydrogens (tertiary/aromatic N) is 2. The topological polar surface area (TPSA) is 43.8 Å². The Labute approximate surface area is 126 Å². The summed E-state index contributed by atoms with van der Waals surface area (Å²) in [5, 5.41) is 9.35. The van der Waals surface area contributed by atoms with Gasteiger partial charge in [-0.1, -0.05) is 17.7 Å². The van der Waals surface area contributed by atoms with Gasteiger partial charge in [-0.3, -0.25) is 9.69 Å². The van der Waals surface area contributed by atoms with Gasteiger partial charge in [-0.2, -0.15) is 0 Å². The molecule has 0 radical (unpaired) electrons. The second-order valence-corrected chi connectivity index (χ2v) is 6.32. The van der Waals surface area contributed by atoms with E-state index < -0.39 is 0 Å². The number of rotatable bonds is 3. The van der Waals surface area contributed by atoms with Gasteiger partial charge in [0.05, 0.1) is 6.04 Å². The fraction of sp³-hybridized carbons (Fsp3) is 0.588. The summed E-state index contributed by atoms with van der Waals surface area (Å²) in [6, 6.07) is 8.17. The van der Waals surface area contributed by atoms with Crippen LogP contribution in [0.3, 0.4) is 0 Å². The number of likely N-dealkylation sites (tertiary alicyclic amines) is 1. The van der Waals surface area contributed by atoms with Crippen molar-refractivity contribution in [2.45, 2.75) is 32.2 Å². The molecule has 2 fully saturated rings. The maximum atomic E-state index is 12.7. The van der Waals surface area contributed by atoms with Crippen molar-refractivity contribution in [3.8, 4) is 0 Å². The lowest BCUT2D eigenvalue weighted by atomic mass is 9.97. The van der Waals surface area contributed by atoms with Gasteiger partial charge in [0.15, 0.2) is 0 Å². The van der Waals surface area contributed by atoms with Gasteiger partial charge >= 0.3 is 0 Å². The molecular formula is C17H24N2O2. The number of benzene rings is 1. The molecule has 2 aliphatic rings. The van der Waals surface area contributed by atoms with Crippen LogP contribution in [0.25, 0.3) is 0 Å². The van der Waals surface area contributed by atoms with E-state index in [1.165, 1.54) is 5.56 Å². The van der Waals surface area contributed by atoms with Crippen molar-refractivity contribution in [1.82, 2.24) is 4.90 Å². The molecule has 1 aromatic carbocycles. The van der Waals surface area contributed by atoms with Gasteiger partial charge < -0.3 is 10.0 Å². The summed E-state index contributed by atoms with van der Waals surface area (Å²) in [7, 11) is 0. The van der Waals surface area contributed by atoms with E-state index in [1.54, 1.807) is 0 Å². The van der Waals surface area contributed by atoms with Crippen LogP contribution in [-0.2, 0) is 4.79 Å². The van der Waals surface area contributed by atoms with Crippen LogP contribution >= 0.6 is 0 Å². The van der Waals surface area contributed by atoms with Crippen LogP contribution < -0.4 is 4.90 Å². The first-order chi connectivity index (χ1) is 10.2. The van der Waals surface area contributed by atoms with Crippen LogP contribution in [-0.4, -0.2) is 48.2 Å². The summed E-state index contributed by atoms with van der Waals surface area (Å²) in [5.41, 5.74) is 2.22. The third kappa shape index (κ3) is 2.97. The monoisotopic (exact) mass is 288 g/mol. The maximum Gasteiger partial charge on any atom is 0.244 e. The first-order valence-corrected chi connectivity index (χ1v) is 7.92. The molecule has 2 heterocycles. The summed E-state index contributed by atoms with van der Waals surface area (Å²) in [5.74, 6) is 0.553. The van der Waals surface area contributed by atoms with E-state index in [9.17, 15) is 9.90 Å². The minimum Gasteiger partial charge on any atom is -0.396 e. The van der Waals surface area contributed by atoms with Gasteiger partial charge in [-0.05, 0) is 50.8 Å². The molecule has 2 saturated heterocycles. The van der Waals surface area contributed by atoms with Crippen molar-refractivity contribution in [3.63, 3.8) is 0 Å². The number of anilines is 1. The van der Waals surface area contributed by atoms with Gasteiger partial charge in [-0.25, -0.2) is 0 Å². The van der Waals surface area contributed by atoms with Crippen molar-refractivity contribution in [3.05, 3.63) is 29.8 Å². The molecule has 0 bridgehead atoms. The van der Waals surface area contributed by atoms with E-state index in [1.807, 2.05) is 17.0 Å². The molecule has 21 heavy (non-hydrogen) atoms. The maximum absolute atomic E-state index is 12.7. The summed E-state index contributed by atoms with van der Waals surface area (Å²) in [4.78, 5) is 16.9. The smallest absolute Gasteiger partial charge is 0.244 e. The molecule has 114 valence electrons. The highest BCUT2D eigenvalue weighted by Crippen LogP contribution is 2.27. The number of piperidine rings is 1. The number of aliphatic hydroxyl groups is 1. The summed E-state index contributed by atoms with van der Waals surface area (Å²) < 4.78 is 0. The molecule has 3 rings (SSSR count). The minimum atomic E-state index is 0.000605. The highest BCUT2D eigenvalue weighted by Gasteiger charge is 2.38. The van der Waals surface area contributed by atoms with Crippen molar-refractivity contribution >= 4 is 11.6 Å². The third-order valence-corrected chi connectivity index (χ3v) is 4.77. The fourth-order valence-electron chi connectivity index (χ4n) is 3.51. The van der Waals surface area contributed by atoms with Gasteiger partial charge in [0.25, 0.3) is 0 Å². The molecule has 4 heteroatoms. The number of aliphatic hydroxyl groups excluding tert-OH is 1. The lowest BCUT2D eigenvalue weighted by Crippen LogP contribution is -2.47. The van der Waals surface area contributed by atoms with Crippen LogP contribution in [0.1, 0.15) is 24.8 Å². The van der Waals surface area contributed by atoms with Gasteiger partial charge in [0, 0.05) is 25.4 Å². The number of carbonyl (C=O) groups is 1. The molecule has 0 saturated carbocycles. The molecule has 0 spiro atoms. The summed E-state index contributed by atoms with van der Waals surface area (Å²) >= 11 is 0. The van der Waals surface area contributed by atoms with Crippen LogP contribution in [0.4, 0.5) is 5.69 Å². The van der Waals surface area contributed by atoms with Crippen molar-refractivity contribution in [2.75, 3.05) is 31.1 Å². The summed E-state index contributed by atoms with van der Waals surface area (Å²) in [6.07, 6.45) is 3.06. The number of aryl methyl sites for hydroxylation is 1. The Bertz CT molecular complexity index is 500. The number of hydrogen-bond acceptors (Lipinski definition) is 3. The van der Waals surface area contributed by atoms with Crippen LogP contribution in [0, 0.1) is 12.8 Å². The van der Waals surface area contributed by atoms with Gasteiger partial charge in [0.1, 0.15) is 0 Å². The standard InChI is InChI=1S/C17H24N2O2/c1-13-4-6-15(7-5-13)19-10-8-16(17(19)21)18-9-2-3-14(11-18)12-20/h4-7,14,16,20H,2-3,8-12H2,1H3. The van der Waals surface area contributed by atoms with E-state index in [-0.39, 0.29) is 18.6 Å². The Morgan fingerprint density at radius 3 is 2.67 bits per heavy atom. The molecule has 0 aromatic heterocycles. The second kappa shape index (κ2) is 6.16. The molecule has 0 aliphatic carbocycles. The Hall–Kier alpha value is -1.39. The van der Waals surface area contributed by atoms with Crippen LogP contribution in [0.5, 0.6) is 0 Å². The Balaban J connectivity index is 1.70. The van der Waals surface area contributed by atoms with Crippen molar-refractivity contribution in [1.29, 1.82) is 0 Å². The molecule has 1 N–H and O–H groups in total. The minimum absolute atomic E-state index is 0.000605. The summed E-state index contributed by atoms with van der Waals surface area (Å²) in [6.45, 7) is 4.93. The zero-order valence-corrected chi connectivity index (χ0v) is 12.7. The molecular weight excluding hydrogens is 264 g/mol. The van der Waals surface area contributed by atoms with Gasteiger partial charge in [0.2, 0.25) is 5.91 Å². The predicted octanol–water partition coefficient (Wildman–Crippen LogP) is 1.80. The van der Waals surface area contributed by atoms with E-state index in [0.29, 0.717) is 5.92 Å². The SMILES string of the molecule is Cc1ccc(N2CCC(N3CCCC(CO)C3)C2=O)cc1. The largest absolute Gasteiger partial charge is 0.396 e. The van der Waals surface area contributed by atoms with Crippen LogP contribution in [0.2, 0.25) is 0 Å². The number of amides is 1. The fourth-order valence-corrected chi connectivity index (χ4v) is 3.51. The van der Waals surface area contributed by atoms with Crippen LogP contribution in [0.15, 0.2) is 24.3 Å².